The van der Waals surface area contributed by atoms with Gasteiger partial charge in [0, 0.05) is 18.0 Å². The Labute approximate surface area is 115 Å². The molecule has 3 rings (SSSR count). The van der Waals surface area contributed by atoms with Gasteiger partial charge in [-0.3, -0.25) is 0 Å². The number of hydrogen-bond acceptors (Lipinski definition) is 4. The molecule has 19 heavy (non-hydrogen) atoms. The van der Waals surface area contributed by atoms with E-state index in [1.165, 1.54) is 44.9 Å². The molecule has 1 heterocycles. The summed E-state index contributed by atoms with van der Waals surface area (Å²) in [6, 6.07) is 0. The number of rotatable bonds is 4. The quantitative estimate of drug-likeness (QED) is 0.872. The van der Waals surface area contributed by atoms with Gasteiger partial charge >= 0.3 is 0 Å². The second-order valence-electron chi connectivity index (χ2n) is 6.10. The van der Waals surface area contributed by atoms with Gasteiger partial charge < -0.3 is 11.1 Å². The van der Waals surface area contributed by atoms with Crippen molar-refractivity contribution >= 4 is 11.6 Å². The van der Waals surface area contributed by atoms with Crippen LogP contribution in [0.1, 0.15) is 62.3 Å². The van der Waals surface area contributed by atoms with E-state index >= 15 is 0 Å². The molecule has 0 amide bonds. The molecular weight excluding hydrogens is 236 g/mol. The molecular formula is C15H24N4. The largest absolute Gasteiger partial charge is 0.383 e. The third-order valence-corrected chi connectivity index (χ3v) is 4.43. The summed E-state index contributed by atoms with van der Waals surface area (Å²) in [5, 5.41) is 3.52. The molecule has 1 aromatic heterocycles. The summed E-state index contributed by atoms with van der Waals surface area (Å²) in [6.07, 6.45) is 9.29. The van der Waals surface area contributed by atoms with E-state index < -0.39 is 0 Å². The molecule has 4 heteroatoms. The molecule has 0 radical (unpaired) electrons. The van der Waals surface area contributed by atoms with Crippen molar-refractivity contribution in [2.45, 2.75) is 57.8 Å². The Morgan fingerprint density at radius 2 is 1.84 bits per heavy atom. The van der Waals surface area contributed by atoms with Crippen LogP contribution in [0.3, 0.4) is 0 Å². The smallest absolute Gasteiger partial charge is 0.136 e. The molecule has 2 aliphatic rings. The maximum atomic E-state index is 6.00. The topological polar surface area (TPSA) is 63.8 Å². The van der Waals surface area contributed by atoms with E-state index in [1.807, 2.05) is 6.92 Å². The van der Waals surface area contributed by atoms with Crippen LogP contribution in [0, 0.1) is 12.8 Å². The predicted octanol–water partition coefficient (Wildman–Crippen LogP) is 3.24. The first kappa shape index (κ1) is 12.7. The van der Waals surface area contributed by atoms with Crippen molar-refractivity contribution in [3.63, 3.8) is 0 Å². The first-order chi connectivity index (χ1) is 9.24. The van der Waals surface area contributed by atoms with Gasteiger partial charge in [0.15, 0.2) is 0 Å². The second-order valence-corrected chi connectivity index (χ2v) is 6.10. The minimum atomic E-state index is 0.554. The van der Waals surface area contributed by atoms with Gasteiger partial charge in [-0.2, -0.15) is 0 Å². The van der Waals surface area contributed by atoms with Crippen LogP contribution in [0.4, 0.5) is 11.6 Å². The third-order valence-electron chi connectivity index (χ3n) is 4.43. The fraction of sp³-hybridized carbons (Fsp3) is 0.733. The van der Waals surface area contributed by atoms with E-state index in [-0.39, 0.29) is 0 Å². The van der Waals surface area contributed by atoms with Crippen molar-refractivity contribution in [2.75, 3.05) is 17.6 Å². The molecule has 3 N–H and O–H groups in total. The summed E-state index contributed by atoms with van der Waals surface area (Å²) in [4.78, 5) is 9.09. The van der Waals surface area contributed by atoms with Crippen molar-refractivity contribution < 1.29 is 0 Å². The highest BCUT2D eigenvalue weighted by atomic mass is 15.1. The lowest BCUT2D eigenvalue weighted by molar-refractivity contribution is 0.373. The highest BCUT2D eigenvalue weighted by Gasteiger charge is 2.28. The van der Waals surface area contributed by atoms with Gasteiger partial charge in [0.05, 0.1) is 0 Å². The number of anilines is 2. The van der Waals surface area contributed by atoms with Gasteiger partial charge in [-0.15, -0.1) is 0 Å². The highest BCUT2D eigenvalue weighted by Crippen LogP contribution is 2.39. The van der Waals surface area contributed by atoms with E-state index in [0.29, 0.717) is 11.7 Å². The molecule has 2 saturated carbocycles. The monoisotopic (exact) mass is 260 g/mol. The van der Waals surface area contributed by atoms with Crippen LogP contribution in [0.2, 0.25) is 0 Å². The molecule has 4 nitrogen and oxygen atoms in total. The first-order valence-electron chi connectivity index (χ1n) is 7.62. The van der Waals surface area contributed by atoms with Crippen LogP contribution < -0.4 is 11.1 Å². The molecule has 0 aromatic carbocycles. The van der Waals surface area contributed by atoms with Crippen molar-refractivity contribution in [3.8, 4) is 0 Å². The molecule has 2 fully saturated rings. The van der Waals surface area contributed by atoms with E-state index in [1.54, 1.807) is 0 Å². The second kappa shape index (κ2) is 5.35. The lowest BCUT2D eigenvalue weighted by atomic mass is 9.89. The van der Waals surface area contributed by atoms with Gasteiger partial charge in [-0.25, -0.2) is 9.97 Å². The van der Waals surface area contributed by atoms with Gasteiger partial charge in [-0.05, 0) is 38.5 Å². The lowest BCUT2D eigenvalue weighted by Gasteiger charge is -2.22. The standard InChI is InChI=1S/C15H24N4/c1-10-13(16)18-15(12-7-8-12)19-14(10)17-9-11-5-3-2-4-6-11/h11-12H,2-9H2,1H3,(H3,16,17,18,19). The third kappa shape index (κ3) is 2.99. The zero-order chi connectivity index (χ0) is 13.2. The summed E-state index contributed by atoms with van der Waals surface area (Å²) in [7, 11) is 0. The Balaban J connectivity index is 1.68. The van der Waals surface area contributed by atoms with E-state index in [0.717, 1.165) is 29.7 Å². The van der Waals surface area contributed by atoms with Crippen LogP contribution in [-0.4, -0.2) is 16.5 Å². The molecule has 104 valence electrons. The maximum Gasteiger partial charge on any atom is 0.136 e. The minimum absolute atomic E-state index is 0.554. The number of nitrogen functional groups attached to an aromatic ring is 1. The van der Waals surface area contributed by atoms with Gasteiger partial charge in [0.2, 0.25) is 0 Å². The lowest BCUT2D eigenvalue weighted by Crippen LogP contribution is -2.19. The van der Waals surface area contributed by atoms with E-state index in [2.05, 4.69) is 15.3 Å². The Bertz CT molecular complexity index is 448. The highest BCUT2D eigenvalue weighted by molar-refractivity contribution is 5.55. The van der Waals surface area contributed by atoms with Crippen LogP contribution >= 0.6 is 0 Å². The van der Waals surface area contributed by atoms with Crippen LogP contribution in [0.25, 0.3) is 0 Å². The molecule has 2 aliphatic carbocycles. The van der Waals surface area contributed by atoms with E-state index in [9.17, 15) is 0 Å². The average Bonchev–Trinajstić information content (AvgIpc) is 3.26. The summed E-state index contributed by atoms with van der Waals surface area (Å²) in [5.41, 5.74) is 7.00. The fourth-order valence-corrected chi connectivity index (χ4v) is 2.88. The van der Waals surface area contributed by atoms with Gasteiger partial charge in [-0.1, -0.05) is 19.3 Å². The normalized spacial score (nSPS) is 20.5. The number of aromatic nitrogens is 2. The number of nitrogens with zero attached hydrogens (tertiary/aromatic N) is 2. The van der Waals surface area contributed by atoms with Crippen molar-refractivity contribution in [1.29, 1.82) is 0 Å². The Morgan fingerprint density at radius 3 is 2.53 bits per heavy atom. The molecule has 0 bridgehead atoms. The summed E-state index contributed by atoms with van der Waals surface area (Å²) in [5.74, 6) is 3.89. The molecule has 0 atom stereocenters. The first-order valence-corrected chi connectivity index (χ1v) is 7.62. The number of nitrogens with one attached hydrogen (secondary N) is 1. The molecule has 0 spiro atoms. The predicted molar refractivity (Wildman–Crippen MR) is 78.2 cm³/mol. The Hall–Kier alpha value is -1.32. The minimum Gasteiger partial charge on any atom is -0.383 e. The Morgan fingerprint density at radius 1 is 1.11 bits per heavy atom. The van der Waals surface area contributed by atoms with Crippen LogP contribution in [0.5, 0.6) is 0 Å². The van der Waals surface area contributed by atoms with Crippen molar-refractivity contribution in [2.24, 2.45) is 5.92 Å². The zero-order valence-electron chi connectivity index (χ0n) is 11.8. The van der Waals surface area contributed by atoms with Crippen LogP contribution in [0.15, 0.2) is 0 Å². The van der Waals surface area contributed by atoms with E-state index in [4.69, 9.17) is 5.73 Å². The average molecular weight is 260 g/mol. The zero-order valence-corrected chi connectivity index (χ0v) is 11.8. The maximum absolute atomic E-state index is 6.00. The molecule has 0 aliphatic heterocycles. The van der Waals surface area contributed by atoms with Gasteiger partial charge in [0.1, 0.15) is 17.5 Å². The molecule has 1 aromatic rings. The number of hydrogen-bond donors (Lipinski definition) is 2. The van der Waals surface area contributed by atoms with Crippen LogP contribution in [-0.2, 0) is 0 Å². The summed E-state index contributed by atoms with van der Waals surface area (Å²) >= 11 is 0. The van der Waals surface area contributed by atoms with Gasteiger partial charge in [0.25, 0.3) is 0 Å². The molecule has 0 unspecified atom stereocenters. The fourth-order valence-electron chi connectivity index (χ4n) is 2.88. The Kier molecular flexibility index (Phi) is 3.58. The number of nitrogens with two attached hydrogens (primary N) is 1. The summed E-state index contributed by atoms with van der Waals surface area (Å²) < 4.78 is 0. The SMILES string of the molecule is Cc1c(N)nc(C2CC2)nc1NCC1CCCCC1. The van der Waals surface area contributed by atoms with Crippen molar-refractivity contribution in [3.05, 3.63) is 11.4 Å². The van der Waals surface area contributed by atoms with Crippen molar-refractivity contribution in [1.82, 2.24) is 9.97 Å². The molecule has 0 saturated heterocycles. The summed E-state index contributed by atoms with van der Waals surface area (Å²) in [6.45, 7) is 3.04.